The molecule has 0 bridgehead atoms. The number of unbranched alkanes of at least 4 members (excludes halogenated alkanes) is 1. The predicted octanol–water partition coefficient (Wildman–Crippen LogP) is 4.70. The lowest BCUT2D eigenvalue weighted by Crippen LogP contribution is -2.01. The van der Waals surface area contributed by atoms with Crippen molar-refractivity contribution in [3.8, 4) is 0 Å². The van der Waals surface area contributed by atoms with Gasteiger partial charge in [-0.05, 0) is 32.8 Å². The Bertz CT molecular complexity index is 323. The molecule has 0 saturated heterocycles. The zero-order valence-electron chi connectivity index (χ0n) is 12.2. The Morgan fingerprint density at radius 1 is 1.00 bits per heavy atom. The maximum absolute atomic E-state index is 2.23. The van der Waals surface area contributed by atoms with Crippen LogP contribution in [-0.4, -0.2) is 19.0 Å². The monoisotopic (exact) mass is 233 g/mol. The van der Waals surface area contributed by atoms with Crippen molar-refractivity contribution < 1.29 is 0 Å². The Balaban J connectivity index is 4.79. The van der Waals surface area contributed by atoms with E-state index in [-0.39, 0.29) is 0 Å². The van der Waals surface area contributed by atoms with Crippen molar-refractivity contribution in [1.82, 2.24) is 4.90 Å². The molecule has 0 atom stereocenters. The van der Waals surface area contributed by atoms with Crippen molar-refractivity contribution in [3.05, 3.63) is 47.2 Å². The molecule has 0 spiro atoms. The molecule has 0 fully saturated rings. The normalized spacial score (nSPS) is 12.5. The molecule has 0 rings (SSSR count). The van der Waals surface area contributed by atoms with Gasteiger partial charge in [0.25, 0.3) is 0 Å². The Morgan fingerprint density at radius 2 is 1.65 bits per heavy atom. The van der Waals surface area contributed by atoms with E-state index < -0.39 is 0 Å². The van der Waals surface area contributed by atoms with Gasteiger partial charge in [-0.2, -0.15) is 0 Å². The summed E-state index contributed by atoms with van der Waals surface area (Å²) in [4.78, 5) is 2.08. The van der Waals surface area contributed by atoms with Crippen molar-refractivity contribution in [1.29, 1.82) is 0 Å². The van der Waals surface area contributed by atoms with E-state index in [4.69, 9.17) is 0 Å². The molecule has 96 valence electrons. The second kappa shape index (κ2) is 8.86. The summed E-state index contributed by atoms with van der Waals surface area (Å²) in [5, 5.41) is 0. The highest BCUT2D eigenvalue weighted by Gasteiger charge is 1.90. The summed E-state index contributed by atoms with van der Waals surface area (Å²) in [5.74, 6) is 0. The van der Waals surface area contributed by atoms with Crippen LogP contribution in [-0.2, 0) is 0 Å². The van der Waals surface area contributed by atoms with Gasteiger partial charge in [0.05, 0.1) is 0 Å². The second-order valence-corrected chi connectivity index (χ2v) is 4.80. The summed E-state index contributed by atoms with van der Waals surface area (Å²) in [5.41, 5.74) is 3.94. The molecular weight excluding hydrogens is 206 g/mol. The van der Waals surface area contributed by atoms with E-state index in [0.717, 1.165) is 6.42 Å². The van der Waals surface area contributed by atoms with Gasteiger partial charge >= 0.3 is 0 Å². The quantitative estimate of drug-likeness (QED) is 0.601. The van der Waals surface area contributed by atoms with Crippen LogP contribution in [0.3, 0.4) is 0 Å². The SMILES string of the molecule is CCC\C=C/C(/C=C/C(C)=C(C)C)=C\N(C)C. The van der Waals surface area contributed by atoms with Gasteiger partial charge in [0, 0.05) is 20.3 Å². The number of hydrogen-bond donors (Lipinski definition) is 0. The van der Waals surface area contributed by atoms with Crippen molar-refractivity contribution in [2.24, 2.45) is 0 Å². The lowest BCUT2D eigenvalue weighted by molar-refractivity contribution is 0.561. The van der Waals surface area contributed by atoms with E-state index in [9.17, 15) is 0 Å². The van der Waals surface area contributed by atoms with Crippen molar-refractivity contribution >= 4 is 0 Å². The molecule has 0 unspecified atom stereocenters. The van der Waals surface area contributed by atoms with E-state index in [1.165, 1.54) is 23.1 Å². The molecule has 1 heteroatoms. The fraction of sp³-hybridized carbons (Fsp3) is 0.500. The third-order valence-electron chi connectivity index (χ3n) is 2.49. The number of hydrogen-bond acceptors (Lipinski definition) is 1. The van der Waals surface area contributed by atoms with E-state index in [2.05, 4.69) is 77.2 Å². The average Bonchev–Trinajstić information content (AvgIpc) is 2.24. The third kappa shape index (κ3) is 8.56. The molecule has 0 aromatic carbocycles. The molecule has 0 aromatic rings. The molecular formula is C16H27N. The summed E-state index contributed by atoms with van der Waals surface area (Å²) >= 11 is 0. The summed E-state index contributed by atoms with van der Waals surface area (Å²) in [7, 11) is 4.10. The molecule has 0 aliphatic heterocycles. The average molecular weight is 233 g/mol. The summed E-state index contributed by atoms with van der Waals surface area (Å²) in [6.45, 7) is 8.63. The molecule has 0 N–H and O–H groups in total. The zero-order valence-corrected chi connectivity index (χ0v) is 12.2. The molecule has 0 heterocycles. The van der Waals surface area contributed by atoms with Crippen LogP contribution in [0.4, 0.5) is 0 Å². The highest BCUT2D eigenvalue weighted by atomic mass is 15.0. The molecule has 0 aromatic heterocycles. The van der Waals surface area contributed by atoms with Gasteiger partial charge in [-0.1, -0.05) is 48.8 Å². The van der Waals surface area contributed by atoms with Gasteiger partial charge in [-0.3, -0.25) is 0 Å². The molecule has 0 radical (unpaired) electrons. The number of nitrogens with zero attached hydrogens (tertiary/aromatic N) is 1. The van der Waals surface area contributed by atoms with Gasteiger partial charge in [0.15, 0.2) is 0 Å². The van der Waals surface area contributed by atoms with Gasteiger partial charge in [0.1, 0.15) is 0 Å². The maximum Gasteiger partial charge on any atom is 0.00585 e. The molecule has 17 heavy (non-hydrogen) atoms. The molecule has 0 amide bonds. The van der Waals surface area contributed by atoms with Gasteiger partial charge in [-0.15, -0.1) is 0 Å². The van der Waals surface area contributed by atoms with Crippen molar-refractivity contribution in [3.63, 3.8) is 0 Å². The maximum atomic E-state index is 2.23. The standard InChI is InChI=1S/C16H27N/c1-7-8-9-10-16(13-17(5)6)12-11-15(4)14(2)3/h9-13H,7-8H2,1-6H3/b10-9-,12-11+,16-13+. The Kier molecular flexibility index (Phi) is 8.21. The first-order chi connectivity index (χ1) is 7.97. The molecule has 1 nitrogen and oxygen atoms in total. The first-order valence-electron chi connectivity index (χ1n) is 6.34. The second-order valence-electron chi connectivity index (χ2n) is 4.80. The van der Waals surface area contributed by atoms with Crippen LogP contribution in [0.2, 0.25) is 0 Å². The number of allylic oxidation sites excluding steroid dienone is 7. The Hall–Kier alpha value is -1.24. The molecule has 0 aliphatic carbocycles. The summed E-state index contributed by atoms with van der Waals surface area (Å²) < 4.78 is 0. The summed E-state index contributed by atoms with van der Waals surface area (Å²) in [6.07, 6.45) is 13.3. The molecule has 0 aliphatic rings. The van der Waals surface area contributed by atoms with E-state index in [1.54, 1.807) is 0 Å². The predicted molar refractivity (Wildman–Crippen MR) is 79.0 cm³/mol. The fourth-order valence-electron chi connectivity index (χ4n) is 1.21. The third-order valence-corrected chi connectivity index (χ3v) is 2.49. The smallest absolute Gasteiger partial charge is 0.00585 e. The Labute approximate surface area is 107 Å². The van der Waals surface area contributed by atoms with Crippen LogP contribution in [0.1, 0.15) is 40.5 Å². The lowest BCUT2D eigenvalue weighted by Gasteiger charge is -2.06. The largest absolute Gasteiger partial charge is 0.383 e. The minimum Gasteiger partial charge on any atom is -0.383 e. The van der Waals surface area contributed by atoms with Crippen LogP contribution >= 0.6 is 0 Å². The minimum absolute atomic E-state index is 1.14. The first-order valence-corrected chi connectivity index (χ1v) is 6.34. The summed E-state index contributed by atoms with van der Waals surface area (Å²) in [6, 6.07) is 0. The van der Waals surface area contributed by atoms with Gasteiger partial charge in [0.2, 0.25) is 0 Å². The van der Waals surface area contributed by atoms with Crippen LogP contribution in [0, 0.1) is 0 Å². The van der Waals surface area contributed by atoms with E-state index >= 15 is 0 Å². The minimum atomic E-state index is 1.14. The highest BCUT2D eigenvalue weighted by Crippen LogP contribution is 2.08. The van der Waals surface area contributed by atoms with Crippen LogP contribution in [0.25, 0.3) is 0 Å². The lowest BCUT2D eigenvalue weighted by atomic mass is 10.1. The molecule has 0 saturated carbocycles. The Morgan fingerprint density at radius 3 is 2.12 bits per heavy atom. The van der Waals surface area contributed by atoms with Crippen molar-refractivity contribution in [2.75, 3.05) is 14.1 Å². The van der Waals surface area contributed by atoms with Crippen molar-refractivity contribution in [2.45, 2.75) is 40.5 Å². The fourth-order valence-corrected chi connectivity index (χ4v) is 1.21. The van der Waals surface area contributed by atoms with Crippen LogP contribution < -0.4 is 0 Å². The topological polar surface area (TPSA) is 3.24 Å². The number of rotatable bonds is 6. The first kappa shape index (κ1) is 15.8. The highest BCUT2D eigenvalue weighted by molar-refractivity contribution is 5.35. The van der Waals surface area contributed by atoms with Crippen LogP contribution in [0.15, 0.2) is 47.2 Å². The van der Waals surface area contributed by atoms with E-state index in [1.807, 2.05) is 0 Å². The zero-order chi connectivity index (χ0) is 13.3. The van der Waals surface area contributed by atoms with Gasteiger partial charge in [-0.25, -0.2) is 0 Å². The van der Waals surface area contributed by atoms with E-state index in [0.29, 0.717) is 0 Å². The van der Waals surface area contributed by atoms with Gasteiger partial charge < -0.3 is 4.90 Å². The van der Waals surface area contributed by atoms with Crippen LogP contribution in [0.5, 0.6) is 0 Å².